The van der Waals surface area contributed by atoms with Crippen LogP contribution in [0.1, 0.15) is 28.6 Å². The molecule has 2 aromatic carbocycles. The molecule has 0 radical (unpaired) electrons. The monoisotopic (exact) mass is 377 g/mol. The summed E-state index contributed by atoms with van der Waals surface area (Å²) in [4.78, 5) is 26.7. The number of hydrogen-bond acceptors (Lipinski definition) is 4. The lowest BCUT2D eigenvalue weighted by Gasteiger charge is -2.19. The Labute approximate surface area is 164 Å². The first kappa shape index (κ1) is 19.4. The zero-order valence-corrected chi connectivity index (χ0v) is 16.0. The van der Waals surface area contributed by atoms with E-state index in [2.05, 4.69) is 0 Å². The van der Waals surface area contributed by atoms with Crippen LogP contribution in [0.25, 0.3) is 0 Å². The van der Waals surface area contributed by atoms with Crippen molar-refractivity contribution in [2.24, 2.45) is 0 Å². The van der Waals surface area contributed by atoms with E-state index in [-0.39, 0.29) is 12.5 Å². The summed E-state index contributed by atoms with van der Waals surface area (Å²) in [5.41, 5.74) is 1.65. The molecule has 144 valence electrons. The molecule has 0 saturated heterocycles. The van der Waals surface area contributed by atoms with E-state index in [9.17, 15) is 9.59 Å². The predicted octanol–water partition coefficient (Wildman–Crippen LogP) is 3.92. The fraction of sp³-hybridized carbons (Fsp3) is 0.217. The first-order chi connectivity index (χ1) is 13.5. The van der Waals surface area contributed by atoms with Crippen LogP contribution in [0.4, 0.5) is 0 Å². The molecule has 5 heteroatoms. The van der Waals surface area contributed by atoms with Gasteiger partial charge in [-0.1, -0.05) is 60.7 Å². The molecule has 0 bridgehead atoms. The highest BCUT2D eigenvalue weighted by Crippen LogP contribution is 2.26. The largest absolute Gasteiger partial charge is 0.464 e. The quantitative estimate of drug-likeness (QED) is 0.586. The van der Waals surface area contributed by atoms with Crippen molar-refractivity contribution in [2.45, 2.75) is 19.4 Å². The highest BCUT2D eigenvalue weighted by Gasteiger charge is 2.25. The minimum Gasteiger partial charge on any atom is -0.464 e. The molecule has 1 amide bonds. The number of carbonyl (C=O) groups is 2. The molecule has 0 atom stereocenters. The number of carbonyl (C=O) groups excluding carboxylic acids is 2. The SMILES string of the molecule is Cc1ccc(CN(C)C(=O)COC(=O)C(c2ccccc2)c2ccccc2)o1. The summed E-state index contributed by atoms with van der Waals surface area (Å²) >= 11 is 0. The molecule has 5 nitrogen and oxygen atoms in total. The van der Waals surface area contributed by atoms with Gasteiger partial charge in [0.15, 0.2) is 6.61 Å². The maximum absolute atomic E-state index is 12.8. The summed E-state index contributed by atoms with van der Waals surface area (Å²) in [6, 6.07) is 22.5. The number of ether oxygens (including phenoxy) is 1. The first-order valence-electron chi connectivity index (χ1n) is 9.10. The molecule has 0 saturated carbocycles. The number of hydrogen-bond donors (Lipinski definition) is 0. The number of amides is 1. The molecular weight excluding hydrogens is 354 g/mol. The van der Waals surface area contributed by atoms with E-state index in [4.69, 9.17) is 9.15 Å². The Morgan fingerprint density at radius 3 is 2.00 bits per heavy atom. The van der Waals surface area contributed by atoms with Crippen molar-refractivity contribution in [1.82, 2.24) is 4.90 Å². The van der Waals surface area contributed by atoms with Crippen LogP contribution < -0.4 is 0 Å². The number of nitrogens with zero attached hydrogens (tertiary/aromatic N) is 1. The Balaban J connectivity index is 1.66. The highest BCUT2D eigenvalue weighted by atomic mass is 16.5. The second-order valence-corrected chi connectivity index (χ2v) is 6.62. The van der Waals surface area contributed by atoms with Crippen molar-refractivity contribution in [3.8, 4) is 0 Å². The summed E-state index contributed by atoms with van der Waals surface area (Å²) in [6.07, 6.45) is 0. The smallest absolute Gasteiger partial charge is 0.318 e. The highest BCUT2D eigenvalue weighted by molar-refractivity contribution is 5.85. The molecule has 28 heavy (non-hydrogen) atoms. The van der Waals surface area contributed by atoms with Crippen molar-refractivity contribution < 1.29 is 18.7 Å². The average Bonchev–Trinajstić information content (AvgIpc) is 3.12. The summed E-state index contributed by atoms with van der Waals surface area (Å²) in [6.45, 7) is 1.86. The molecule has 0 fully saturated rings. The van der Waals surface area contributed by atoms with Gasteiger partial charge in [-0.05, 0) is 30.2 Å². The standard InChI is InChI=1S/C23H23NO4/c1-17-13-14-20(28-17)15-24(2)21(25)16-27-23(26)22(18-9-5-3-6-10-18)19-11-7-4-8-12-19/h3-14,22H,15-16H2,1-2H3. The van der Waals surface area contributed by atoms with E-state index < -0.39 is 11.9 Å². The topological polar surface area (TPSA) is 59.8 Å². The normalized spacial score (nSPS) is 10.7. The zero-order valence-electron chi connectivity index (χ0n) is 16.0. The van der Waals surface area contributed by atoms with Gasteiger partial charge in [-0.25, -0.2) is 0 Å². The van der Waals surface area contributed by atoms with Crippen LogP contribution in [0, 0.1) is 6.92 Å². The lowest BCUT2D eigenvalue weighted by atomic mass is 9.91. The van der Waals surface area contributed by atoms with Crippen LogP contribution in [-0.4, -0.2) is 30.4 Å². The van der Waals surface area contributed by atoms with E-state index in [1.807, 2.05) is 79.7 Å². The number of furan rings is 1. The summed E-state index contributed by atoms with van der Waals surface area (Å²) in [5, 5.41) is 0. The maximum atomic E-state index is 12.8. The van der Waals surface area contributed by atoms with Crippen LogP contribution in [-0.2, 0) is 20.9 Å². The molecule has 0 aliphatic heterocycles. The molecule has 0 N–H and O–H groups in total. The van der Waals surface area contributed by atoms with E-state index in [1.165, 1.54) is 4.90 Å². The molecule has 0 aliphatic rings. The average molecular weight is 377 g/mol. The number of aryl methyl sites for hydroxylation is 1. The Morgan fingerprint density at radius 1 is 0.929 bits per heavy atom. The van der Waals surface area contributed by atoms with E-state index in [0.29, 0.717) is 12.3 Å². The van der Waals surface area contributed by atoms with Crippen molar-refractivity contribution in [2.75, 3.05) is 13.7 Å². The molecule has 0 unspecified atom stereocenters. The van der Waals surface area contributed by atoms with Crippen LogP contribution in [0.2, 0.25) is 0 Å². The number of esters is 1. The van der Waals surface area contributed by atoms with Gasteiger partial charge in [0.25, 0.3) is 5.91 Å². The molecule has 1 aromatic heterocycles. The second-order valence-electron chi connectivity index (χ2n) is 6.62. The zero-order chi connectivity index (χ0) is 19.9. The van der Waals surface area contributed by atoms with Crippen LogP contribution >= 0.6 is 0 Å². The summed E-state index contributed by atoms with van der Waals surface area (Å²) in [7, 11) is 1.65. The minimum atomic E-state index is -0.576. The summed E-state index contributed by atoms with van der Waals surface area (Å²) in [5.74, 6) is 0.158. The van der Waals surface area contributed by atoms with E-state index in [0.717, 1.165) is 16.9 Å². The predicted molar refractivity (Wildman–Crippen MR) is 106 cm³/mol. The van der Waals surface area contributed by atoms with Gasteiger partial charge in [-0.2, -0.15) is 0 Å². The summed E-state index contributed by atoms with van der Waals surface area (Å²) < 4.78 is 10.9. The van der Waals surface area contributed by atoms with Gasteiger partial charge in [0.2, 0.25) is 0 Å². The molecule has 3 aromatic rings. The number of benzene rings is 2. The Kier molecular flexibility index (Phi) is 6.27. The maximum Gasteiger partial charge on any atom is 0.318 e. The third kappa shape index (κ3) is 4.88. The third-order valence-electron chi connectivity index (χ3n) is 4.45. The van der Waals surface area contributed by atoms with Crippen molar-refractivity contribution in [3.63, 3.8) is 0 Å². The first-order valence-corrected chi connectivity index (χ1v) is 9.10. The van der Waals surface area contributed by atoms with Gasteiger partial charge >= 0.3 is 5.97 Å². The molecule has 1 heterocycles. The number of rotatable bonds is 7. The number of likely N-dealkylation sites (N-methyl/N-ethyl adjacent to an activating group) is 1. The molecule has 0 spiro atoms. The molecular formula is C23H23NO4. The van der Waals surface area contributed by atoms with Gasteiger partial charge in [0.05, 0.1) is 6.54 Å². The van der Waals surface area contributed by atoms with Gasteiger partial charge in [0, 0.05) is 7.05 Å². The van der Waals surface area contributed by atoms with Gasteiger partial charge in [0.1, 0.15) is 17.4 Å². The van der Waals surface area contributed by atoms with Gasteiger partial charge < -0.3 is 14.1 Å². The molecule has 0 aliphatic carbocycles. The fourth-order valence-corrected chi connectivity index (χ4v) is 2.97. The third-order valence-corrected chi connectivity index (χ3v) is 4.45. The van der Waals surface area contributed by atoms with Crippen molar-refractivity contribution in [1.29, 1.82) is 0 Å². The van der Waals surface area contributed by atoms with Crippen LogP contribution in [0.3, 0.4) is 0 Å². The lowest BCUT2D eigenvalue weighted by Crippen LogP contribution is -2.31. The van der Waals surface area contributed by atoms with Crippen molar-refractivity contribution >= 4 is 11.9 Å². The minimum absolute atomic E-state index is 0.290. The van der Waals surface area contributed by atoms with Gasteiger partial charge in [-0.3, -0.25) is 9.59 Å². The lowest BCUT2D eigenvalue weighted by molar-refractivity contribution is -0.152. The van der Waals surface area contributed by atoms with Crippen molar-refractivity contribution in [3.05, 3.63) is 95.4 Å². The van der Waals surface area contributed by atoms with E-state index >= 15 is 0 Å². The Bertz CT molecular complexity index is 879. The fourth-order valence-electron chi connectivity index (χ4n) is 2.97. The van der Waals surface area contributed by atoms with Crippen LogP contribution in [0.5, 0.6) is 0 Å². The Morgan fingerprint density at radius 2 is 1.50 bits per heavy atom. The van der Waals surface area contributed by atoms with Gasteiger partial charge in [-0.15, -0.1) is 0 Å². The molecule has 3 rings (SSSR count). The van der Waals surface area contributed by atoms with E-state index in [1.54, 1.807) is 7.05 Å². The second kappa shape index (κ2) is 9.04. The van der Waals surface area contributed by atoms with Crippen LogP contribution in [0.15, 0.2) is 77.2 Å². The Hall–Kier alpha value is -3.34.